The molecule has 0 aliphatic carbocycles. The van der Waals surface area contributed by atoms with Crippen LogP contribution in [0.15, 0.2) is 36.4 Å². The Labute approximate surface area is 183 Å². The van der Waals surface area contributed by atoms with Crippen molar-refractivity contribution in [3.63, 3.8) is 0 Å². The van der Waals surface area contributed by atoms with Gasteiger partial charge in [0, 0.05) is 38.4 Å². The maximum atomic E-state index is 12.5. The van der Waals surface area contributed by atoms with Gasteiger partial charge in [0.1, 0.15) is 0 Å². The third kappa shape index (κ3) is 5.29. The van der Waals surface area contributed by atoms with E-state index >= 15 is 0 Å². The lowest BCUT2D eigenvalue weighted by molar-refractivity contribution is -0.146. The van der Waals surface area contributed by atoms with E-state index in [4.69, 9.17) is 9.47 Å². The van der Waals surface area contributed by atoms with Crippen molar-refractivity contribution in [2.45, 2.75) is 20.3 Å². The Hall–Kier alpha value is -3.22. The summed E-state index contributed by atoms with van der Waals surface area (Å²) in [4.78, 5) is 28.8. The lowest BCUT2D eigenvalue weighted by Crippen LogP contribution is -2.53. The molecule has 166 valence electrons. The summed E-state index contributed by atoms with van der Waals surface area (Å²) >= 11 is 0. The maximum Gasteiger partial charge on any atom is 0.312 e. The second-order valence-corrected chi connectivity index (χ2v) is 7.69. The number of hydrogen-bond donors (Lipinski definition) is 1. The number of benzene rings is 2. The Bertz CT molecular complexity index is 936. The number of carbonyl (C=O) groups excluding carboxylic acids is 2. The van der Waals surface area contributed by atoms with Gasteiger partial charge in [-0.05, 0) is 55.2 Å². The second kappa shape index (κ2) is 10.2. The van der Waals surface area contributed by atoms with Crippen LogP contribution in [0.3, 0.4) is 0 Å². The molecule has 2 aromatic carbocycles. The zero-order valence-electron chi connectivity index (χ0n) is 18.7. The van der Waals surface area contributed by atoms with Gasteiger partial charge in [-0.2, -0.15) is 0 Å². The lowest BCUT2D eigenvalue weighted by atomic mass is 10.1. The SMILES string of the molecule is COc1ccc(CCNC(=O)C(=O)N2CCN(c3cccc(C)c3C)CC2)cc1OC. The van der Waals surface area contributed by atoms with Crippen LogP contribution in [0.4, 0.5) is 5.69 Å². The van der Waals surface area contributed by atoms with E-state index in [0.29, 0.717) is 37.6 Å². The van der Waals surface area contributed by atoms with E-state index in [2.05, 4.69) is 42.3 Å². The average Bonchev–Trinajstić information content (AvgIpc) is 2.80. The molecule has 0 unspecified atom stereocenters. The summed E-state index contributed by atoms with van der Waals surface area (Å²) in [5.74, 6) is 0.281. The Kier molecular flexibility index (Phi) is 7.39. The molecule has 0 radical (unpaired) electrons. The van der Waals surface area contributed by atoms with Crippen LogP contribution in [0.2, 0.25) is 0 Å². The molecule has 0 bridgehead atoms. The standard InChI is InChI=1S/C24H31N3O4/c1-17-6-5-7-20(18(17)2)26-12-14-27(15-13-26)24(29)23(28)25-11-10-19-8-9-21(30-3)22(16-19)31-4/h5-9,16H,10-15H2,1-4H3,(H,25,28). The molecule has 1 heterocycles. The zero-order valence-corrected chi connectivity index (χ0v) is 18.7. The largest absolute Gasteiger partial charge is 0.493 e. The molecule has 2 aromatic rings. The van der Waals surface area contributed by atoms with Gasteiger partial charge in [0.25, 0.3) is 0 Å². The Morgan fingerprint density at radius 1 is 0.968 bits per heavy atom. The normalized spacial score (nSPS) is 13.7. The summed E-state index contributed by atoms with van der Waals surface area (Å²) < 4.78 is 10.5. The molecule has 0 aromatic heterocycles. The highest BCUT2D eigenvalue weighted by molar-refractivity contribution is 6.35. The van der Waals surface area contributed by atoms with E-state index in [9.17, 15) is 9.59 Å². The molecular weight excluding hydrogens is 394 g/mol. The molecule has 1 fully saturated rings. The van der Waals surface area contributed by atoms with Crippen molar-refractivity contribution in [3.05, 3.63) is 53.1 Å². The molecule has 0 saturated carbocycles. The monoisotopic (exact) mass is 425 g/mol. The van der Waals surface area contributed by atoms with Crippen molar-refractivity contribution >= 4 is 17.5 Å². The first-order chi connectivity index (χ1) is 14.9. The fourth-order valence-corrected chi connectivity index (χ4v) is 3.80. The minimum Gasteiger partial charge on any atom is -0.493 e. The topological polar surface area (TPSA) is 71.1 Å². The van der Waals surface area contributed by atoms with Crippen molar-refractivity contribution in [1.82, 2.24) is 10.2 Å². The van der Waals surface area contributed by atoms with Crippen LogP contribution in [-0.2, 0) is 16.0 Å². The first kappa shape index (κ1) is 22.5. The Morgan fingerprint density at radius 2 is 1.68 bits per heavy atom. The summed E-state index contributed by atoms with van der Waals surface area (Å²) in [5.41, 5.74) is 4.71. The third-order valence-electron chi connectivity index (χ3n) is 5.83. The van der Waals surface area contributed by atoms with Gasteiger partial charge in [-0.3, -0.25) is 9.59 Å². The average molecular weight is 426 g/mol. The minimum atomic E-state index is -0.555. The molecule has 1 saturated heterocycles. The lowest BCUT2D eigenvalue weighted by Gasteiger charge is -2.36. The van der Waals surface area contributed by atoms with Gasteiger partial charge in [-0.1, -0.05) is 18.2 Å². The van der Waals surface area contributed by atoms with Crippen molar-refractivity contribution in [3.8, 4) is 11.5 Å². The number of hydrogen-bond acceptors (Lipinski definition) is 5. The van der Waals surface area contributed by atoms with Gasteiger partial charge < -0.3 is 24.6 Å². The summed E-state index contributed by atoms with van der Waals surface area (Å²) in [6, 6.07) is 11.9. The van der Waals surface area contributed by atoms with Crippen molar-refractivity contribution < 1.29 is 19.1 Å². The van der Waals surface area contributed by atoms with E-state index in [1.54, 1.807) is 19.1 Å². The number of carbonyl (C=O) groups is 2. The number of ether oxygens (including phenoxy) is 2. The van der Waals surface area contributed by atoms with E-state index in [0.717, 1.165) is 18.7 Å². The van der Waals surface area contributed by atoms with E-state index in [1.165, 1.54) is 16.8 Å². The molecule has 1 aliphatic heterocycles. The van der Waals surface area contributed by atoms with Gasteiger partial charge in [-0.15, -0.1) is 0 Å². The van der Waals surface area contributed by atoms with Crippen LogP contribution in [0.1, 0.15) is 16.7 Å². The fourth-order valence-electron chi connectivity index (χ4n) is 3.80. The van der Waals surface area contributed by atoms with Crippen LogP contribution in [0, 0.1) is 13.8 Å². The molecule has 7 nitrogen and oxygen atoms in total. The molecule has 7 heteroatoms. The van der Waals surface area contributed by atoms with Crippen LogP contribution in [0.25, 0.3) is 0 Å². The van der Waals surface area contributed by atoms with Crippen LogP contribution in [-0.4, -0.2) is 63.7 Å². The Balaban J connectivity index is 1.48. The Morgan fingerprint density at radius 3 is 2.35 bits per heavy atom. The summed E-state index contributed by atoms with van der Waals surface area (Å²) in [7, 11) is 3.17. The molecule has 0 atom stereocenters. The van der Waals surface area contributed by atoms with Gasteiger partial charge in [-0.25, -0.2) is 0 Å². The highest BCUT2D eigenvalue weighted by atomic mass is 16.5. The number of nitrogens with zero attached hydrogens (tertiary/aromatic N) is 2. The predicted octanol–water partition coefficient (Wildman–Crippen LogP) is 2.33. The summed E-state index contributed by atoms with van der Waals surface area (Å²) in [5, 5.41) is 2.74. The van der Waals surface area contributed by atoms with Gasteiger partial charge in [0.2, 0.25) is 0 Å². The first-order valence-electron chi connectivity index (χ1n) is 10.5. The highest BCUT2D eigenvalue weighted by Gasteiger charge is 2.26. The van der Waals surface area contributed by atoms with Crippen molar-refractivity contribution in [2.75, 3.05) is 51.8 Å². The number of aryl methyl sites for hydroxylation is 1. The number of amides is 2. The minimum absolute atomic E-state index is 0.377. The van der Waals surface area contributed by atoms with Gasteiger partial charge in [0.15, 0.2) is 11.5 Å². The highest BCUT2D eigenvalue weighted by Crippen LogP contribution is 2.27. The quantitative estimate of drug-likeness (QED) is 0.720. The van der Waals surface area contributed by atoms with E-state index < -0.39 is 11.8 Å². The fraction of sp³-hybridized carbons (Fsp3) is 0.417. The maximum absolute atomic E-state index is 12.5. The zero-order chi connectivity index (χ0) is 22.4. The van der Waals surface area contributed by atoms with Crippen LogP contribution in [0.5, 0.6) is 11.5 Å². The van der Waals surface area contributed by atoms with E-state index in [-0.39, 0.29) is 0 Å². The number of rotatable bonds is 6. The van der Waals surface area contributed by atoms with Gasteiger partial charge in [0.05, 0.1) is 14.2 Å². The molecule has 1 N–H and O–H groups in total. The number of anilines is 1. The molecule has 1 aliphatic rings. The van der Waals surface area contributed by atoms with Gasteiger partial charge >= 0.3 is 11.8 Å². The first-order valence-corrected chi connectivity index (χ1v) is 10.5. The summed E-state index contributed by atoms with van der Waals surface area (Å²) in [6.07, 6.45) is 0.597. The smallest absolute Gasteiger partial charge is 0.312 e. The second-order valence-electron chi connectivity index (χ2n) is 7.69. The molecular formula is C24H31N3O4. The van der Waals surface area contributed by atoms with E-state index in [1.807, 2.05) is 18.2 Å². The van der Waals surface area contributed by atoms with Crippen molar-refractivity contribution in [2.24, 2.45) is 0 Å². The third-order valence-corrected chi connectivity index (χ3v) is 5.83. The predicted molar refractivity (Wildman–Crippen MR) is 121 cm³/mol. The number of nitrogens with one attached hydrogen (secondary N) is 1. The van der Waals surface area contributed by atoms with Crippen molar-refractivity contribution in [1.29, 1.82) is 0 Å². The summed E-state index contributed by atoms with van der Waals surface area (Å²) in [6.45, 7) is 7.11. The van der Waals surface area contributed by atoms with Crippen LogP contribution < -0.4 is 19.7 Å². The molecule has 2 amide bonds. The number of piperazine rings is 1. The molecule has 3 rings (SSSR count). The molecule has 31 heavy (non-hydrogen) atoms. The van der Waals surface area contributed by atoms with Crippen LogP contribution >= 0.6 is 0 Å². The number of methoxy groups -OCH3 is 2. The molecule has 0 spiro atoms.